The minimum absolute atomic E-state index is 0.143. The summed E-state index contributed by atoms with van der Waals surface area (Å²) in [6, 6.07) is 17.0. The fourth-order valence-electron chi connectivity index (χ4n) is 4.26. The summed E-state index contributed by atoms with van der Waals surface area (Å²) in [4.78, 5) is 34.0. The van der Waals surface area contributed by atoms with Gasteiger partial charge in [-0.1, -0.05) is 12.1 Å². The molecule has 0 saturated carbocycles. The summed E-state index contributed by atoms with van der Waals surface area (Å²) in [7, 11) is 3.07. The first kappa shape index (κ1) is 24.9. The molecule has 37 heavy (non-hydrogen) atoms. The molecule has 2 saturated heterocycles. The first-order valence-corrected chi connectivity index (χ1v) is 12.7. The zero-order chi connectivity index (χ0) is 25.9. The Balaban J connectivity index is 1.34. The standard InChI is InChI=1S/C28H27N3O5S/c1-18-22(5-4-6-23(18)27(33)34-3)24-12-11-21(36-24)17-25-26(32)30(2)28(37-25)29-19-7-9-20(10-8-19)31-13-15-35-16-14-31/h4-12,17H,13-16H2,1-3H3/b25-17-,29-28?. The number of nitrogens with zero attached hydrogens (tertiary/aromatic N) is 3. The molecule has 2 aliphatic heterocycles. The van der Waals surface area contributed by atoms with Crippen molar-refractivity contribution in [3.05, 3.63) is 76.4 Å². The van der Waals surface area contributed by atoms with Crippen molar-refractivity contribution in [2.24, 2.45) is 4.99 Å². The van der Waals surface area contributed by atoms with Crippen molar-refractivity contribution in [3.8, 4) is 11.3 Å². The second-order valence-corrected chi connectivity index (χ2v) is 9.67. The molecule has 3 heterocycles. The first-order chi connectivity index (χ1) is 17.9. The zero-order valence-corrected chi connectivity index (χ0v) is 21.7. The van der Waals surface area contributed by atoms with E-state index in [1.54, 1.807) is 36.2 Å². The van der Waals surface area contributed by atoms with Crippen LogP contribution in [-0.2, 0) is 14.3 Å². The van der Waals surface area contributed by atoms with Crippen LogP contribution in [0.3, 0.4) is 0 Å². The highest BCUT2D eigenvalue weighted by Gasteiger charge is 2.31. The summed E-state index contributed by atoms with van der Waals surface area (Å²) < 4.78 is 16.3. The molecule has 0 radical (unpaired) electrons. The number of amides is 1. The van der Waals surface area contributed by atoms with Crippen LogP contribution in [0.5, 0.6) is 0 Å². The van der Waals surface area contributed by atoms with E-state index in [-0.39, 0.29) is 5.91 Å². The largest absolute Gasteiger partial charge is 0.465 e. The lowest BCUT2D eigenvalue weighted by Crippen LogP contribution is -2.36. The van der Waals surface area contributed by atoms with Crippen LogP contribution in [0.4, 0.5) is 11.4 Å². The number of rotatable bonds is 5. The molecule has 0 N–H and O–H groups in total. The molecule has 2 aliphatic rings. The van der Waals surface area contributed by atoms with Crippen LogP contribution in [0.1, 0.15) is 21.7 Å². The van der Waals surface area contributed by atoms with E-state index in [1.807, 2.05) is 43.3 Å². The van der Waals surface area contributed by atoms with Gasteiger partial charge in [-0.25, -0.2) is 9.79 Å². The van der Waals surface area contributed by atoms with Crippen LogP contribution in [0.25, 0.3) is 17.4 Å². The smallest absolute Gasteiger partial charge is 0.338 e. The Morgan fingerprint density at radius 3 is 2.57 bits per heavy atom. The van der Waals surface area contributed by atoms with Gasteiger partial charge in [-0.3, -0.25) is 9.69 Å². The molecule has 1 aromatic heterocycles. The second kappa shape index (κ2) is 10.7. The third-order valence-electron chi connectivity index (χ3n) is 6.36. The molecule has 0 aliphatic carbocycles. The maximum atomic E-state index is 12.9. The van der Waals surface area contributed by atoms with Crippen LogP contribution in [-0.4, -0.2) is 62.4 Å². The highest BCUT2D eigenvalue weighted by Crippen LogP contribution is 2.35. The summed E-state index contributed by atoms with van der Waals surface area (Å²) in [5, 5.41) is 0.601. The van der Waals surface area contributed by atoms with E-state index in [2.05, 4.69) is 4.90 Å². The van der Waals surface area contributed by atoms with Crippen molar-refractivity contribution in [2.45, 2.75) is 6.92 Å². The number of carbonyl (C=O) groups excluding carboxylic acids is 2. The van der Waals surface area contributed by atoms with Crippen molar-refractivity contribution in [3.63, 3.8) is 0 Å². The molecule has 0 unspecified atom stereocenters. The van der Waals surface area contributed by atoms with E-state index in [1.165, 1.54) is 18.9 Å². The average molecular weight is 518 g/mol. The van der Waals surface area contributed by atoms with E-state index < -0.39 is 5.97 Å². The Bertz CT molecular complexity index is 1390. The lowest BCUT2D eigenvalue weighted by Gasteiger charge is -2.28. The number of hydrogen-bond acceptors (Lipinski definition) is 8. The number of hydrogen-bond donors (Lipinski definition) is 0. The normalized spacial score (nSPS) is 18.2. The van der Waals surface area contributed by atoms with Gasteiger partial charge in [0.25, 0.3) is 5.91 Å². The Hall–Kier alpha value is -3.82. The number of anilines is 1. The molecule has 3 aromatic rings. The Morgan fingerprint density at radius 2 is 1.84 bits per heavy atom. The van der Waals surface area contributed by atoms with Gasteiger partial charge in [0.2, 0.25) is 0 Å². The maximum absolute atomic E-state index is 12.9. The first-order valence-electron chi connectivity index (χ1n) is 11.9. The molecule has 1 amide bonds. The Morgan fingerprint density at radius 1 is 1.08 bits per heavy atom. The molecule has 0 spiro atoms. The van der Waals surface area contributed by atoms with Gasteiger partial charge in [0.05, 0.1) is 36.5 Å². The third-order valence-corrected chi connectivity index (χ3v) is 7.42. The monoisotopic (exact) mass is 517 g/mol. The Kier molecular flexibility index (Phi) is 7.16. The van der Waals surface area contributed by atoms with E-state index in [0.717, 1.165) is 48.8 Å². The topological polar surface area (TPSA) is 84.6 Å². The molecule has 8 nitrogen and oxygen atoms in total. The summed E-state index contributed by atoms with van der Waals surface area (Å²) >= 11 is 1.31. The quantitative estimate of drug-likeness (QED) is 0.343. The summed E-state index contributed by atoms with van der Waals surface area (Å²) in [5.41, 5.74) is 3.96. The van der Waals surface area contributed by atoms with E-state index in [4.69, 9.17) is 18.9 Å². The highest BCUT2D eigenvalue weighted by molar-refractivity contribution is 8.18. The predicted molar refractivity (Wildman–Crippen MR) is 145 cm³/mol. The average Bonchev–Trinajstić information content (AvgIpc) is 3.49. The molecule has 2 fully saturated rings. The minimum atomic E-state index is -0.396. The summed E-state index contributed by atoms with van der Waals surface area (Å²) in [6.45, 7) is 5.07. The van der Waals surface area contributed by atoms with E-state index >= 15 is 0 Å². The maximum Gasteiger partial charge on any atom is 0.338 e. The molecule has 190 valence electrons. The fourth-order valence-corrected chi connectivity index (χ4v) is 5.23. The molecule has 9 heteroatoms. The number of aliphatic imine (C=N–C) groups is 1. The SMILES string of the molecule is COC(=O)c1cccc(-c2ccc(/C=C3\SC(=Nc4ccc(N5CCOCC5)cc4)N(C)C3=O)o2)c1C. The molecule has 0 bridgehead atoms. The number of esters is 1. The van der Waals surface area contributed by atoms with Crippen LogP contribution in [0.15, 0.2) is 68.9 Å². The number of thioether (sulfide) groups is 1. The van der Waals surface area contributed by atoms with Gasteiger partial charge in [-0.2, -0.15) is 0 Å². The summed E-state index contributed by atoms with van der Waals surface area (Å²) in [5.74, 6) is 0.605. The van der Waals surface area contributed by atoms with Crippen molar-refractivity contribution < 1.29 is 23.5 Å². The lowest BCUT2D eigenvalue weighted by atomic mass is 10.0. The predicted octanol–water partition coefficient (Wildman–Crippen LogP) is 5.11. The lowest BCUT2D eigenvalue weighted by molar-refractivity contribution is -0.121. The second-order valence-electron chi connectivity index (χ2n) is 8.66. The van der Waals surface area contributed by atoms with E-state index in [0.29, 0.717) is 27.2 Å². The van der Waals surface area contributed by atoms with Crippen LogP contribution < -0.4 is 4.90 Å². The molecule has 0 atom stereocenters. The van der Waals surface area contributed by atoms with Gasteiger partial charge in [0, 0.05) is 37.5 Å². The summed E-state index contributed by atoms with van der Waals surface area (Å²) in [6.07, 6.45) is 1.72. The molecular formula is C28H27N3O5S. The van der Waals surface area contributed by atoms with Gasteiger partial charge in [0.1, 0.15) is 11.5 Å². The van der Waals surface area contributed by atoms with Gasteiger partial charge in [-0.05, 0) is 66.7 Å². The zero-order valence-electron chi connectivity index (χ0n) is 20.9. The molecule has 5 rings (SSSR count). The minimum Gasteiger partial charge on any atom is -0.465 e. The van der Waals surface area contributed by atoms with Crippen LogP contribution in [0, 0.1) is 6.92 Å². The number of benzene rings is 2. The Labute approximate surface area is 219 Å². The number of methoxy groups -OCH3 is 1. The number of morpholine rings is 1. The van der Waals surface area contributed by atoms with Gasteiger partial charge in [-0.15, -0.1) is 0 Å². The van der Waals surface area contributed by atoms with Crippen molar-refractivity contribution in [2.75, 3.05) is 45.4 Å². The number of amidine groups is 1. The van der Waals surface area contributed by atoms with Crippen molar-refractivity contribution >= 4 is 46.3 Å². The fraction of sp³-hybridized carbons (Fsp3) is 0.250. The van der Waals surface area contributed by atoms with Gasteiger partial charge >= 0.3 is 5.97 Å². The number of ether oxygens (including phenoxy) is 2. The number of furan rings is 1. The highest BCUT2D eigenvalue weighted by atomic mass is 32.2. The third kappa shape index (κ3) is 5.19. The number of carbonyl (C=O) groups is 2. The van der Waals surface area contributed by atoms with E-state index in [9.17, 15) is 9.59 Å². The van der Waals surface area contributed by atoms with Crippen LogP contribution in [0.2, 0.25) is 0 Å². The molecule has 2 aromatic carbocycles. The van der Waals surface area contributed by atoms with Gasteiger partial charge in [0.15, 0.2) is 5.17 Å². The van der Waals surface area contributed by atoms with Crippen LogP contribution >= 0.6 is 11.8 Å². The molecular weight excluding hydrogens is 490 g/mol. The van der Waals surface area contributed by atoms with Crippen molar-refractivity contribution in [1.29, 1.82) is 0 Å². The van der Waals surface area contributed by atoms with Gasteiger partial charge < -0.3 is 18.8 Å². The number of likely N-dealkylation sites (N-methyl/N-ethyl adjacent to an activating group) is 1. The van der Waals surface area contributed by atoms with Crippen molar-refractivity contribution in [1.82, 2.24) is 4.90 Å².